The summed E-state index contributed by atoms with van der Waals surface area (Å²) in [6, 6.07) is 8.40. The van der Waals surface area contributed by atoms with Crippen LogP contribution < -0.4 is 10.5 Å². The highest BCUT2D eigenvalue weighted by molar-refractivity contribution is 7.80. The molecule has 0 aliphatic heterocycles. The molecule has 0 radical (unpaired) electrons. The maximum absolute atomic E-state index is 5.90. The van der Waals surface area contributed by atoms with E-state index in [4.69, 9.17) is 45.9 Å². The van der Waals surface area contributed by atoms with Crippen LogP contribution in [0.1, 0.15) is 5.56 Å². The summed E-state index contributed by atoms with van der Waals surface area (Å²) < 4.78 is 5.58. The Bertz CT molecular complexity index is 604. The van der Waals surface area contributed by atoms with Crippen molar-refractivity contribution in [1.29, 1.82) is 0 Å². The second-order valence-corrected chi connectivity index (χ2v) is 4.65. The highest BCUT2D eigenvalue weighted by Gasteiger charge is 2.09. The van der Waals surface area contributed by atoms with Crippen LogP contribution in [0, 0.1) is 0 Å². The number of thiocarbonyl (C=S) groups is 1. The van der Waals surface area contributed by atoms with E-state index in [0.717, 1.165) is 0 Å². The number of aromatic nitrogens is 1. The van der Waals surface area contributed by atoms with Gasteiger partial charge in [-0.2, -0.15) is 0 Å². The SMILES string of the molecule is NC(=S)c1cccnc1Oc1ccc(Cl)c(Cl)c1. The van der Waals surface area contributed by atoms with Gasteiger partial charge in [0.2, 0.25) is 5.88 Å². The lowest BCUT2D eigenvalue weighted by molar-refractivity contribution is 0.462. The smallest absolute Gasteiger partial charge is 0.229 e. The molecule has 0 unspecified atom stereocenters. The molecule has 6 heteroatoms. The van der Waals surface area contributed by atoms with Crippen molar-refractivity contribution in [2.45, 2.75) is 0 Å². The molecule has 92 valence electrons. The van der Waals surface area contributed by atoms with Crippen molar-refractivity contribution < 1.29 is 4.74 Å². The van der Waals surface area contributed by atoms with Crippen LogP contribution in [0.2, 0.25) is 10.0 Å². The Morgan fingerprint density at radius 1 is 1.22 bits per heavy atom. The summed E-state index contributed by atoms with van der Waals surface area (Å²) in [5.41, 5.74) is 6.15. The van der Waals surface area contributed by atoms with Crippen molar-refractivity contribution in [3.8, 4) is 11.6 Å². The number of pyridine rings is 1. The van der Waals surface area contributed by atoms with Gasteiger partial charge in [0.1, 0.15) is 10.7 Å². The predicted octanol–water partition coefficient (Wildman–Crippen LogP) is 3.81. The number of ether oxygens (including phenoxy) is 1. The van der Waals surface area contributed by atoms with Gasteiger partial charge < -0.3 is 10.5 Å². The summed E-state index contributed by atoms with van der Waals surface area (Å²) >= 11 is 16.6. The van der Waals surface area contributed by atoms with E-state index < -0.39 is 0 Å². The first-order valence-electron chi connectivity index (χ1n) is 4.95. The normalized spacial score (nSPS) is 10.1. The van der Waals surface area contributed by atoms with Crippen molar-refractivity contribution in [1.82, 2.24) is 4.98 Å². The lowest BCUT2D eigenvalue weighted by atomic mass is 10.2. The van der Waals surface area contributed by atoms with Gasteiger partial charge in [-0.15, -0.1) is 0 Å². The van der Waals surface area contributed by atoms with Gasteiger partial charge in [0.05, 0.1) is 15.6 Å². The van der Waals surface area contributed by atoms with E-state index in [1.807, 2.05) is 0 Å². The molecule has 1 aromatic heterocycles. The Morgan fingerprint density at radius 3 is 2.67 bits per heavy atom. The van der Waals surface area contributed by atoms with Crippen LogP contribution in [0.5, 0.6) is 11.6 Å². The van der Waals surface area contributed by atoms with Crippen molar-refractivity contribution in [3.05, 3.63) is 52.1 Å². The molecule has 1 heterocycles. The van der Waals surface area contributed by atoms with Crippen molar-refractivity contribution >= 4 is 40.4 Å². The van der Waals surface area contributed by atoms with E-state index in [1.165, 1.54) is 0 Å². The van der Waals surface area contributed by atoms with Gasteiger partial charge in [0.25, 0.3) is 0 Å². The Kier molecular flexibility index (Phi) is 4.01. The molecule has 0 spiro atoms. The molecule has 0 saturated heterocycles. The van der Waals surface area contributed by atoms with Gasteiger partial charge in [-0.05, 0) is 24.3 Å². The minimum Gasteiger partial charge on any atom is -0.438 e. The molecule has 2 rings (SSSR count). The third-order valence-electron chi connectivity index (χ3n) is 2.14. The van der Waals surface area contributed by atoms with Crippen LogP contribution in [0.25, 0.3) is 0 Å². The summed E-state index contributed by atoms with van der Waals surface area (Å²) in [6.45, 7) is 0. The maximum Gasteiger partial charge on any atom is 0.229 e. The molecular weight excluding hydrogens is 291 g/mol. The van der Waals surface area contributed by atoms with E-state index >= 15 is 0 Å². The average molecular weight is 299 g/mol. The third kappa shape index (κ3) is 2.90. The molecule has 0 saturated carbocycles. The second kappa shape index (κ2) is 5.52. The zero-order chi connectivity index (χ0) is 13.1. The van der Waals surface area contributed by atoms with Crippen molar-refractivity contribution in [2.75, 3.05) is 0 Å². The van der Waals surface area contributed by atoms with Crippen LogP contribution in [-0.2, 0) is 0 Å². The number of nitrogens with two attached hydrogens (primary N) is 1. The highest BCUT2D eigenvalue weighted by atomic mass is 35.5. The monoisotopic (exact) mass is 298 g/mol. The number of rotatable bonds is 3. The van der Waals surface area contributed by atoms with E-state index in [1.54, 1.807) is 36.5 Å². The summed E-state index contributed by atoms with van der Waals surface area (Å²) in [6.07, 6.45) is 1.59. The van der Waals surface area contributed by atoms with Gasteiger partial charge in [-0.25, -0.2) is 4.98 Å². The van der Waals surface area contributed by atoms with Crippen LogP contribution in [0.4, 0.5) is 0 Å². The fourth-order valence-electron chi connectivity index (χ4n) is 1.31. The van der Waals surface area contributed by atoms with E-state index in [-0.39, 0.29) is 4.99 Å². The van der Waals surface area contributed by atoms with Crippen molar-refractivity contribution in [3.63, 3.8) is 0 Å². The highest BCUT2D eigenvalue weighted by Crippen LogP contribution is 2.29. The standard InChI is InChI=1S/C12H8Cl2N2OS/c13-9-4-3-7(6-10(9)14)17-12-8(11(15)18)2-1-5-16-12/h1-6H,(H2,15,18). The lowest BCUT2D eigenvalue weighted by Gasteiger charge is -2.09. The first-order valence-corrected chi connectivity index (χ1v) is 6.12. The number of nitrogens with zero attached hydrogens (tertiary/aromatic N) is 1. The van der Waals surface area contributed by atoms with Gasteiger partial charge in [0.15, 0.2) is 0 Å². The van der Waals surface area contributed by atoms with Gasteiger partial charge in [0, 0.05) is 12.3 Å². The molecule has 0 bridgehead atoms. The molecule has 0 fully saturated rings. The van der Waals surface area contributed by atoms with Crippen LogP contribution >= 0.6 is 35.4 Å². The van der Waals surface area contributed by atoms with E-state index in [0.29, 0.717) is 27.2 Å². The van der Waals surface area contributed by atoms with Crippen LogP contribution in [0.15, 0.2) is 36.5 Å². The van der Waals surface area contributed by atoms with E-state index in [2.05, 4.69) is 4.98 Å². The minimum absolute atomic E-state index is 0.221. The first-order chi connectivity index (χ1) is 8.58. The Labute approximate surface area is 119 Å². The molecule has 18 heavy (non-hydrogen) atoms. The quantitative estimate of drug-likeness (QED) is 0.875. The fraction of sp³-hybridized carbons (Fsp3) is 0. The van der Waals surface area contributed by atoms with Crippen LogP contribution in [-0.4, -0.2) is 9.97 Å². The number of benzene rings is 1. The molecular formula is C12H8Cl2N2OS. The molecule has 0 aliphatic rings. The largest absolute Gasteiger partial charge is 0.438 e. The molecule has 2 N–H and O–H groups in total. The third-order valence-corrected chi connectivity index (χ3v) is 3.10. The molecule has 2 aromatic rings. The Morgan fingerprint density at radius 2 is 2.00 bits per heavy atom. The first kappa shape index (κ1) is 13.1. The molecule has 1 aromatic carbocycles. The zero-order valence-electron chi connectivity index (χ0n) is 9.06. The molecule has 0 amide bonds. The number of hydrogen-bond acceptors (Lipinski definition) is 3. The molecule has 3 nitrogen and oxygen atoms in total. The average Bonchev–Trinajstić information content (AvgIpc) is 2.34. The topological polar surface area (TPSA) is 48.1 Å². The Hall–Kier alpha value is -1.36. The zero-order valence-corrected chi connectivity index (χ0v) is 11.4. The fourth-order valence-corrected chi connectivity index (χ4v) is 1.76. The second-order valence-electron chi connectivity index (χ2n) is 3.40. The minimum atomic E-state index is 0.221. The van der Waals surface area contributed by atoms with E-state index in [9.17, 15) is 0 Å². The Balaban J connectivity index is 2.34. The van der Waals surface area contributed by atoms with Gasteiger partial charge in [-0.3, -0.25) is 0 Å². The lowest BCUT2D eigenvalue weighted by Crippen LogP contribution is -2.11. The number of hydrogen-bond donors (Lipinski definition) is 1. The summed E-state index contributed by atoms with van der Waals surface area (Å²) in [4.78, 5) is 4.30. The maximum atomic E-state index is 5.90. The summed E-state index contributed by atoms with van der Waals surface area (Å²) in [7, 11) is 0. The van der Waals surface area contributed by atoms with Crippen molar-refractivity contribution in [2.24, 2.45) is 5.73 Å². The number of halogens is 2. The van der Waals surface area contributed by atoms with Crippen LogP contribution in [0.3, 0.4) is 0 Å². The summed E-state index contributed by atoms with van der Waals surface area (Å²) in [5.74, 6) is 0.851. The predicted molar refractivity (Wildman–Crippen MR) is 76.7 cm³/mol. The molecule has 0 aliphatic carbocycles. The van der Waals surface area contributed by atoms with Gasteiger partial charge in [-0.1, -0.05) is 35.4 Å². The summed E-state index contributed by atoms with van der Waals surface area (Å²) in [5, 5.41) is 0.863. The molecule has 0 atom stereocenters. The van der Waals surface area contributed by atoms with Gasteiger partial charge >= 0.3 is 0 Å².